The zero-order valence-electron chi connectivity index (χ0n) is 40.9. The maximum Gasteiger partial charge on any atom is 0.306 e. The fourth-order valence-corrected chi connectivity index (χ4v) is 7.84. The minimum absolute atomic E-state index is 0.0717. The molecule has 0 aliphatic rings. The van der Waals surface area contributed by atoms with Gasteiger partial charge in [-0.2, -0.15) is 0 Å². The number of rotatable bonds is 49. The number of hydrogen-bond acceptors (Lipinski definition) is 6. The topological polar surface area (TPSA) is 78.9 Å². The number of hydrogen-bond donors (Lipinski definition) is 0. The van der Waals surface area contributed by atoms with E-state index in [0.717, 1.165) is 64.2 Å². The van der Waals surface area contributed by atoms with Gasteiger partial charge in [0.15, 0.2) is 6.10 Å². The van der Waals surface area contributed by atoms with Crippen LogP contribution in [0.1, 0.15) is 290 Å². The second-order valence-corrected chi connectivity index (χ2v) is 18.1. The first-order valence-corrected chi connectivity index (χ1v) is 26.8. The molecule has 358 valence electrons. The SMILES string of the molecule is CCCCCC/C=C\CCCCCCCCCC(=O)O[C@H](COC(=O)CCCCCCC/C=C\CCCCCCCC)COC(=O)CCCCCCCCCCCCCCC. The molecule has 0 amide bonds. The Balaban J connectivity index is 4.36. The lowest BCUT2D eigenvalue weighted by molar-refractivity contribution is -0.167. The molecule has 0 aromatic heterocycles. The predicted octanol–water partition coefficient (Wildman–Crippen LogP) is 17.5. The fourth-order valence-electron chi connectivity index (χ4n) is 7.84. The zero-order chi connectivity index (χ0) is 44.4. The number of esters is 3. The van der Waals surface area contributed by atoms with Crippen LogP contribution in [0.2, 0.25) is 0 Å². The van der Waals surface area contributed by atoms with E-state index in [9.17, 15) is 14.4 Å². The van der Waals surface area contributed by atoms with Crippen LogP contribution in [0.25, 0.3) is 0 Å². The maximum atomic E-state index is 12.8. The van der Waals surface area contributed by atoms with E-state index in [0.29, 0.717) is 19.3 Å². The van der Waals surface area contributed by atoms with E-state index in [2.05, 4.69) is 45.1 Å². The van der Waals surface area contributed by atoms with Crippen LogP contribution in [0.3, 0.4) is 0 Å². The van der Waals surface area contributed by atoms with E-state index >= 15 is 0 Å². The Hall–Kier alpha value is -2.11. The van der Waals surface area contributed by atoms with Crippen molar-refractivity contribution in [2.75, 3.05) is 13.2 Å². The summed E-state index contributed by atoms with van der Waals surface area (Å²) in [5, 5.41) is 0. The van der Waals surface area contributed by atoms with Crippen LogP contribution in [0.15, 0.2) is 24.3 Å². The standard InChI is InChI=1S/C55H102O6/c1-4-7-10-13-16-19-22-25-27-30-33-36-39-42-45-48-54(57)60-51-52(50-59-53(56)47-44-41-38-35-32-29-24-21-18-15-12-9-6-3)61-55(58)49-46-43-40-37-34-31-28-26-23-20-17-14-11-8-5-2/h20,23,25,27,52H,4-19,21-22,24,26,28-51H2,1-3H3/b23-20-,27-25-/t52-/m0/s1. The van der Waals surface area contributed by atoms with Crippen LogP contribution in [-0.4, -0.2) is 37.2 Å². The Bertz CT molecular complexity index is 989. The van der Waals surface area contributed by atoms with Crippen molar-refractivity contribution in [1.82, 2.24) is 0 Å². The van der Waals surface area contributed by atoms with Gasteiger partial charge in [-0.05, 0) is 70.6 Å². The molecule has 1 atom stereocenters. The van der Waals surface area contributed by atoms with Crippen molar-refractivity contribution in [3.63, 3.8) is 0 Å². The molecule has 0 bridgehead atoms. The number of ether oxygens (including phenoxy) is 3. The molecular formula is C55H102O6. The lowest BCUT2D eigenvalue weighted by atomic mass is 10.0. The van der Waals surface area contributed by atoms with Gasteiger partial charge in [-0.15, -0.1) is 0 Å². The molecule has 0 saturated carbocycles. The van der Waals surface area contributed by atoms with Crippen molar-refractivity contribution in [1.29, 1.82) is 0 Å². The van der Waals surface area contributed by atoms with Crippen LogP contribution >= 0.6 is 0 Å². The van der Waals surface area contributed by atoms with E-state index in [1.807, 2.05) is 0 Å². The smallest absolute Gasteiger partial charge is 0.306 e. The van der Waals surface area contributed by atoms with Crippen LogP contribution in [-0.2, 0) is 28.6 Å². The van der Waals surface area contributed by atoms with Crippen LogP contribution < -0.4 is 0 Å². The minimum Gasteiger partial charge on any atom is -0.462 e. The summed E-state index contributed by atoms with van der Waals surface area (Å²) in [6, 6.07) is 0. The van der Waals surface area contributed by atoms with Gasteiger partial charge in [-0.25, -0.2) is 0 Å². The van der Waals surface area contributed by atoms with Gasteiger partial charge in [0.2, 0.25) is 0 Å². The Morgan fingerprint density at radius 1 is 0.311 bits per heavy atom. The molecule has 0 aromatic rings. The third kappa shape index (κ3) is 48.8. The van der Waals surface area contributed by atoms with Crippen molar-refractivity contribution >= 4 is 17.9 Å². The average molecular weight is 859 g/mol. The maximum absolute atomic E-state index is 12.8. The lowest BCUT2D eigenvalue weighted by Crippen LogP contribution is -2.30. The van der Waals surface area contributed by atoms with Crippen molar-refractivity contribution in [3.8, 4) is 0 Å². The first-order chi connectivity index (χ1) is 30.0. The van der Waals surface area contributed by atoms with Crippen LogP contribution in [0.4, 0.5) is 0 Å². The highest BCUT2D eigenvalue weighted by atomic mass is 16.6. The van der Waals surface area contributed by atoms with Crippen molar-refractivity contribution in [2.24, 2.45) is 0 Å². The summed E-state index contributed by atoms with van der Waals surface area (Å²) in [4.78, 5) is 38.0. The third-order valence-corrected chi connectivity index (χ3v) is 11.9. The van der Waals surface area contributed by atoms with Gasteiger partial charge in [0.05, 0.1) is 0 Å². The molecule has 0 spiro atoms. The molecule has 6 heteroatoms. The Morgan fingerprint density at radius 2 is 0.541 bits per heavy atom. The molecule has 6 nitrogen and oxygen atoms in total. The van der Waals surface area contributed by atoms with Crippen molar-refractivity contribution in [3.05, 3.63) is 24.3 Å². The molecule has 0 aliphatic carbocycles. The molecule has 0 saturated heterocycles. The van der Waals surface area contributed by atoms with E-state index in [1.54, 1.807) is 0 Å². The number of unbranched alkanes of at least 4 members (excludes halogenated alkanes) is 34. The van der Waals surface area contributed by atoms with Gasteiger partial charge in [-0.3, -0.25) is 14.4 Å². The summed E-state index contributed by atoms with van der Waals surface area (Å²) in [5.74, 6) is -0.870. The van der Waals surface area contributed by atoms with Gasteiger partial charge in [0.1, 0.15) is 13.2 Å². The van der Waals surface area contributed by atoms with E-state index in [-0.39, 0.29) is 31.1 Å². The summed E-state index contributed by atoms with van der Waals surface area (Å²) >= 11 is 0. The molecule has 0 radical (unpaired) electrons. The van der Waals surface area contributed by atoms with Crippen molar-refractivity contribution in [2.45, 2.75) is 297 Å². The molecular weight excluding hydrogens is 757 g/mol. The summed E-state index contributed by atoms with van der Waals surface area (Å²) in [7, 11) is 0. The van der Waals surface area contributed by atoms with Crippen LogP contribution in [0, 0.1) is 0 Å². The Kier molecular flexibility index (Phi) is 48.8. The van der Waals surface area contributed by atoms with Gasteiger partial charge in [0.25, 0.3) is 0 Å². The molecule has 0 rings (SSSR count). The lowest BCUT2D eigenvalue weighted by Gasteiger charge is -2.18. The van der Waals surface area contributed by atoms with Gasteiger partial charge in [-0.1, -0.05) is 225 Å². The minimum atomic E-state index is -0.772. The number of carbonyl (C=O) groups is 3. The highest BCUT2D eigenvalue weighted by molar-refractivity contribution is 5.71. The average Bonchev–Trinajstić information content (AvgIpc) is 3.26. The van der Waals surface area contributed by atoms with Gasteiger partial charge in [0, 0.05) is 19.3 Å². The third-order valence-electron chi connectivity index (χ3n) is 11.9. The molecule has 0 unspecified atom stereocenters. The Labute approximate surface area is 379 Å². The normalized spacial score (nSPS) is 12.1. The summed E-state index contributed by atoms with van der Waals surface area (Å²) < 4.78 is 16.8. The van der Waals surface area contributed by atoms with E-state index in [1.165, 1.54) is 186 Å². The molecule has 0 heterocycles. The highest BCUT2D eigenvalue weighted by Gasteiger charge is 2.19. The predicted molar refractivity (Wildman–Crippen MR) is 261 cm³/mol. The number of allylic oxidation sites excluding steroid dienone is 4. The molecule has 61 heavy (non-hydrogen) atoms. The van der Waals surface area contributed by atoms with Gasteiger partial charge < -0.3 is 14.2 Å². The number of carbonyl (C=O) groups excluding carboxylic acids is 3. The summed E-state index contributed by atoms with van der Waals surface area (Å²) in [6.45, 7) is 6.64. The zero-order valence-corrected chi connectivity index (χ0v) is 40.9. The largest absolute Gasteiger partial charge is 0.462 e. The Morgan fingerprint density at radius 3 is 0.836 bits per heavy atom. The monoisotopic (exact) mass is 859 g/mol. The second kappa shape index (κ2) is 50.5. The first kappa shape index (κ1) is 58.9. The molecule has 0 fully saturated rings. The van der Waals surface area contributed by atoms with Crippen LogP contribution in [0.5, 0.6) is 0 Å². The van der Waals surface area contributed by atoms with E-state index < -0.39 is 6.10 Å². The van der Waals surface area contributed by atoms with Crippen molar-refractivity contribution < 1.29 is 28.6 Å². The molecule has 0 aliphatic heterocycles. The van der Waals surface area contributed by atoms with Gasteiger partial charge >= 0.3 is 17.9 Å². The molecule has 0 aromatic carbocycles. The quantitative estimate of drug-likeness (QED) is 0.0262. The first-order valence-electron chi connectivity index (χ1n) is 26.8. The second-order valence-electron chi connectivity index (χ2n) is 18.1. The fraction of sp³-hybridized carbons (Fsp3) is 0.873. The summed E-state index contributed by atoms with van der Waals surface area (Å²) in [5.41, 5.74) is 0. The summed E-state index contributed by atoms with van der Waals surface area (Å²) in [6.07, 6.45) is 57.3. The highest BCUT2D eigenvalue weighted by Crippen LogP contribution is 2.16. The van der Waals surface area contributed by atoms with E-state index in [4.69, 9.17) is 14.2 Å². The molecule has 0 N–H and O–H groups in total.